The molecule has 0 bridgehead atoms. The highest BCUT2D eigenvalue weighted by Crippen LogP contribution is 2.14. The van der Waals surface area contributed by atoms with Gasteiger partial charge in [-0.1, -0.05) is 20.3 Å². The number of carbonyl (C=O) groups excluding carboxylic acids is 2. The maximum Gasteiger partial charge on any atom is 0.326 e. The molecule has 2 atom stereocenters. The largest absolute Gasteiger partial charge is 0.480 e. The Kier molecular flexibility index (Phi) is 6.36. The van der Waals surface area contributed by atoms with Gasteiger partial charge in [0, 0.05) is 4.88 Å². The van der Waals surface area contributed by atoms with Gasteiger partial charge in [0.05, 0.1) is 11.4 Å². The van der Waals surface area contributed by atoms with Crippen LogP contribution in [0.25, 0.3) is 0 Å². The van der Waals surface area contributed by atoms with Crippen LogP contribution in [0.5, 0.6) is 0 Å². The highest BCUT2D eigenvalue weighted by Gasteiger charge is 2.25. The molecule has 0 aliphatic carbocycles. The SMILES string of the molecule is CCC(C)[C@H](NC(=O)CNC(=O)c1ccc(C)s1)C(=O)O. The van der Waals surface area contributed by atoms with E-state index >= 15 is 0 Å². The number of hydrogen-bond acceptors (Lipinski definition) is 4. The maximum atomic E-state index is 11.8. The highest BCUT2D eigenvalue weighted by atomic mass is 32.1. The topological polar surface area (TPSA) is 95.5 Å². The number of amides is 2. The fourth-order valence-electron chi connectivity index (χ4n) is 1.71. The minimum Gasteiger partial charge on any atom is -0.480 e. The summed E-state index contributed by atoms with van der Waals surface area (Å²) in [7, 11) is 0. The molecule has 0 aromatic carbocycles. The monoisotopic (exact) mass is 312 g/mol. The van der Waals surface area contributed by atoms with E-state index in [0.29, 0.717) is 11.3 Å². The number of aliphatic carboxylic acids is 1. The fraction of sp³-hybridized carbons (Fsp3) is 0.500. The molecule has 2 amide bonds. The van der Waals surface area contributed by atoms with Gasteiger partial charge >= 0.3 is 5.97 Å². The molecule has 0 radical (unpaired) electrons. The number of thiophene rings is 1. The molecular weight excluding hydrogens is 292 g/mol. The molecule has 0 spiro atoms. The molecule has 7 heteroatoms. The lowest BCUT2D eigenvalue weighted by Gasteiger charge is -2.20. The van der Waals surface area contributed by atoms with Crippen LogP contribution in [0.2, 0.25) is 0 Å². The Morgan fingerprint density at radius 3 is 2.48 bits per heavy atom. The van der Waals surface area contributed by atoms with Crippen molar-refractivity contribution in [2.24, 2.45) is 5.92 Å². The van der Waals surface area contributed by atoms with Crippen molar-refractivity contribution in [1.29, 1.82) is 0 Å². The summed E-state index contributed by atoms with van der Waals surface area (Å²) in [5.41, 5.74) is 0. The molecule has 1 aromatic heterocycles. The number of nitrogens with one attached hydrogen (secondary N) is 2. The van der Waals surface area contributed by atoms with Crippen LogP contribution in [0.15, 0.2) is 12.1 Å². The van der Waals surface area contributed by atoms with Crippen LogP contribution in [0.4, 0.5) is 0 Å². The molecule has 1 rings (SSSR count). The fourth-order valence-corrected chi connectivity index (χ4v) is 2.50. The highest BCUT2D eigenvalue weighted by molar-refractivity contribution is 7.13. The number of aryl methyl sites for hydroxylation is 1. The van der Waals surface area contributed by atoms with Crippen molar-refractivity contribution < 1.29 is 19.5 Å². The first-order valence-electron chi connectivity index (χ1n) is 6.72. The molecule has 0 saturated carbocycles. The Balaban J connectivity index is 2.49. The van der Waals surface area contributed by atoms with E-state index in [4.69, 9.17) is 5.11 Å². The lowest BCUT2D eigenvalue weighted by Crippen LogP contribution is -2.48. The van der Waals surface area contributed by atoms with E-state index in [1.807, 2.05) is 19.9 Å². The van der Waals surface area contributed by atoms with Gasteiger partial charge in [-0.05, 0) is 25.0 Å². The zero-order valence-corrected chi connectivity index (χ0v) is 13.1. The summed E-state index contributed by atoms with van der Waals surface area (Å²) in [6.45, 7) is 5.26. The van der Waals surface area contributed by atoms with Crippen LogP contribution in [-0.2, 0) is 9.59 Å². The smallest absolute Gasteiger partial charge is 0.326 e. The molecule has 1 heterocycles. The van der Waals surface area contributed by atoms with Gasteiger partial charge in [-0.25, -0.2) is 4.79 Å². The molecule has 0 aliphatic heterocycles. The molecule has 116 valence electrons. The molecular formula is C14H20N2O4S. The van der Waals surface area contributed by atoms with Gasteiger partial charge in [-0.15, -0.1) is 11.3 Å². The van der Waals surface area contributed by atoms with E-state index in [1.165, 1.54) is 11.3 Å². The summed E-state index contributed by atoms with van der Waals surface area (Å²) in [5, 5.41) is 14.0. The van der Waals surface area contributed by atoms with E-state index < -0.39 is 17.9 Å². The first kappa shape index (κ1) is 17.2. The van der Waals surface area contributed by atoms with Gasteiger partial charge in [-0.2, -0.15) is 0 Å². The lowest BCUT2D eigenvalue weighted by atomic mass is 9.99. The minimum atomic E-state index is -1.07. The van der Waals surface area contributed by atoms with Gasteiger partial charge in [0.2, 0.25) is 5.91 Å². The van der Waals surface area contributed by atoms with Crippen LogP contribution in [-0.4, -0.2) is 35.5 Å². The number of carboxylic acid groups (broad SMARTS) is 1. The summed E-state index contributed by atoms with van der Waals surface area (Å²) in [6.07, 6.45) is 0.637. The maximum absolute atomic E-state index is 11.8. The van der Waals surface area contributed by atoms with Crippen molar-refractivity contribution in [1.82, 2.24) is 10.6 Å². The third-order valence-electron chi connectivity index (χ3n) is 3.17. The van der Waals surface area contributed by atoms with Crippen LogP contribution >= 0.6 is 11.3 Å². The van der Waals surface area contributed by atoms with Crippen molar-refractivity contribution in [3.63, 3.8) is 0 Å². The Hall–Kier alpha value is -1.89. The number of carboxylic acids is 1. The first-order valence-corrected chi connectivity index (χ1v) is 7.53. The van der Waals surface area contributed by atoms with Crippen molar-refractivity contribution in [2.75, 3.05) is 6.54 Å². The molecule has 0 saturated heterocycles. The number of hydrogen-bond donors (Lipinski definition) is 3. The average Bonchev–Trinajstić information content (AvgIpc) is 2.87. The Morgan fingerprint density at radius 2 is 2.00 bits per heavy atom. The summed E-state index contributed by atoms with van der Waals surface area (Å²) >= 11 is 1.34. The predicted octanol–water partition coefficient (Wildman–Crippen LogP) is 1.40. The van der Waals surface area contributed by atoms with Gasteiger partial charge in [0.15, 0.2) is 0 Å². The van der Waals surface area contributed by atoms with Gasteiger partial charge in [0.1, 0.15) is 6.04 Å². The second-order valence-electron chi connectivity index (χ2n) is 4.86. The van der Waals surface area contributed by atoms with E-state index in [-0.39, 0.29) is 18.4 Å². The summed E-state index contributed by atoms with van der Waals surface area (Å²) in [4.78, 5) is 36.1. The Morgan fingerprint density at radius 1 is 1.33 bits per heavy atom. The standard InChI is InChI=1S/C14H20N2O4S/c1-4-8(2)12(14(19)20)16-11(17)7-15-13(18)10-6-5-9(3)21-10/h5-6,8,12H,4,7H2,1-3H3,(H,15,18)(H,16,17)(H,19,20)/t8?,12-/m0/s1. The van der Waals surface area contributed by atoms with E-state index in [9.17, 15) is 14.4 Å². The summed E-state index contributed by atoms with van der Waals surface area (Å²) < 4.78 is 0. The lowest BCUT2D eigenvalue weighted by molar-refractivity contribution is -0.143. The van der Waals surface area contributed by atoms with Crippen LogP contribution in [0, 0.1) is 12.8 Å². The number of rotatable bonds is 7. The number of carbonyl (C=O) groups is 3. The van der Waals surface area contributed by atoms with E-state index in [0.717, 1.165) is 4.88 Å². The average molecular weight is 312 g/mol. The van der Waals surface area contributed by atoms with Gasteiger partial charge < -0.3 is 15.7 Å². The Labute approximate surface area is 127 Å². The third kappa shape index (κ3) is 5.18. The van der Waals surface area contributed by atoms with E-state index in [2.05, 4.69) is 10.6 Å². The summed E-state index contributed by atoms with van der Waals surface area (Å²) in [6, 6.07) is 2.57. The molecule has 21 heavy (non-hydrogen) atoms. The molecule has 6 nitrogen and oxygen atoms in total. The van der Waals surface area contributed by atoms with Crippen molar-refractivity contribution >= 4 is 29.1 Å². The van der Waals surface area contributed by atoms with Crippen LogP contribution in [0.3, 0.4) is 0 Å². The second kappa shape index (κ2) is 7.78. The normalized spacial score (nSPS) is 13.3. The Bertz CT molecular complexity index is 527. The van der Waals surface area contributed by atoms with Gasteiger partial charge in [0.25, 0.3) is 5.91 Å². The van der Waals surface area contributed by atoms with Crippen LogP contribution < -0.4 is 10.6 Å². The van der Waals surface area contributed by atoms with Gasteiger partial charge in [-0.3, -0.25) is 9.59 Å². The zero-order valence-electron chi connectivity index (χ0n) is 12.3. The van der Waals surface area contributed by atoms with Crippen LogP contribution in [0.1, 0.15) is 34.8 Å². The second-order valence-corrected chi connectivity index (χ2v) is 6.15. The zero-order chi connectivity index (χ0) is 16.0. The van der Waals surface area contributed by atoms with Crippen molar-refractivity contribution in [2.45, 2.75) is 33.2 Å². The third-order valence-corrected chi connectivity index (χ3v) is 4.17. The molecule has 0 aliphatic rings. The van der Waals surface area contributed by atoms with Crippen molar-refractivity contribution in [3.05, 3.63) is 21.9 Å². The first-order chi connectivity index (χ1) is 9.85. The quantitative estimate of drug-likeness (QED) is 0.709. The molecule has 1 aromatic rings. The minimum absolute atomic E-state index is 0.179. The van der Waals surface area contributed by atoms with Crippen molar-refractivity contribution in [3.8, 4) is 0 Å². The van der Waals surface area contributed by atoms with E-state index in [1.54, 1.807) is 13.0 Å². The molecule has 0 fully saturated rings. The summed E-state index contributed by atoms with van der Waals surface area (Å²) in [5.74, 6) is -2.09. The molecule has 1 unspecified atom stereocenters. The molecule has 3 N–H and O–H groups in total. The predicted molar refractivity (Wildman–Crippen MR) is 80.4 cm³/mol.